The van der Waals surface area contributed by atoms with Crippen LogP contribution in [0.3, 0.4) is 0 Å². The molecule has 0 aromatic heterocycles. The number of carboxylic acids is 1. The molecule has 2 aromatic carbocycles. The number of hydrogen-bond acceptors (Lipinski definition) is 2. The number of rotatable bonds is 3. The van der Waals surface area contributed by atoms with Gasteiger partial charge in [0, 0.05) is 13.7 Å². The van der Waals surface area contributed by atoms with Crippen molar-refractivity contribution in [2.24, 2.45) is 0 Å². The van der Waals surface area contributed by atoms with Crippen LogP contribution in [0, 0.1) is 10.5 Å². The second kappa shape index (κ2) is 6.57. The number of amides is 1. The van der Waals surface area contributed by atoms with Gasteiger partial charge in [-0.25, -0.2) is 4.79 Å². The number of aryl methyl sites for hydroxylation is 1. The largest absolute Gasteiger partial charge is 0.478 e. The summed E-state index contributed by atoms with van der Waals surface area (Å²) in [6.07, 6.45) is 0. The molecule has 6 heteroatoms. The van der Waals surface area contributed by atoms with Crippen LogP contribution in [0.4, 0.5) is 5.69 Å². The van der Waals surface area contributed by atoms with Crippen molar-refractivity contribution in [2.75, 3.05) is 5.32 Å². The van der Waals surface area contributed by atoms with Crippen molar-refractivity contribution in [3.05, 3.63) is 61.1 Å². The van der Waals surface area contributed by atoms with Crippen molar-refractivity contribution in [1.29, 1.82) is 0 Å². The summed E-state index contributed by atoms with van der Waals surface area (Å²) in [5.41, 5.74) is 1.92. The maximum absolute atomic E-state index is 12.3. The molecule has 0 aliphatic rings. The Labute approximate surface area is 143 Å². The van der Waals surface area contributed by atoms with Gasteiger partial charge in [-0.2, -0.15) is 0 Å². The Morgan fingerprint density at radius 3 is 2.48 bits per heavy atom. The van der Waals surface area contributed by atoms with Crippen molar-refractivity contribution >= 4 is 56.1 Å². The first kappa shape index (κ1) is 16.0. The van der Waals surface area contributed by atoms with Crippen LogP contribution < -0.4 is 5.32 Å². The fourth-order valence-electron chi connectivity index (χ4n) is 1.85. The lowest BCUT2D eigenvalue weighted by Gasteiger charge is -2.09. The number of hydrogen-bond donors (Lipinski definition) is 2. The van der Waals surface area contributed by atoms with E-state index in [1.807, 2.05) is 12.1 Å². The van der Waals surface area contributed by atoms with E-state index < -0.39 is 5.97 Å². The minimum absolute atomic E-state index is 0.225. The van der Waals surface area contributed by atoms with Crippen molar-refractivity contribution < 1.29 is 14.7 Å². The maximum Gasteiger partial charge on any atom is 0.335 e. The minimum Gasteiger partial charge on any atom is -0.478 e. The first-order chi connectivity index (χ1) is 9.88. The summed E-state index contributed by atoms with van der Waals surface area (Å²) in [5, 5.41) is 11.8. The van der Waals surface area contributed by atoms with Crippen LogP contribution in [0.2, 0.25) is 0 Å². The molecule has 0 radical (unpaired) electrons. The average Bonchev–Trinajstić information content (AvgIpc) is 2.41. The predicted molar refractivity (Wildman–Crippen MR) is 93.0 cm³/mol. The zero-order chi connectivity index (χ0) is 15.6. The summed E-state index contributed by atoms with van der Waals surface area (Å²) in [7, 11) is 0. The first-order valence-corrected chi connectivity index (χ1v) is 7.86. The molecule has 0 unspecified atom stereocenters. The molecular formula is C15H11BrINO3. The second-order valence-corrected chi connectivity index (χ2v) is 6.51. The minimum atomic E-state index is -0.981. The van der Waals surface area contributed by atoms with E-state index in [9.17, 15) is 9.59 Å². The number of carbonyl (C=O) groups excluding carboxylic acids is 1. The highest BCUT2D eigenvalue weighted by molar-refractivity contribution is 14.1. The van der Waals surface area contributed by atoms with Gasteiger partial charge in [-0.1, -0.05) is 0 Å². The van der Waals surface area contributed by atoms with E-state index in [4.69, 9.17) is 5.11 Å². The number of anilines is 1. The van der Waals surface area contributed by atoms with Gasteiger partial charge in [-0.05, 0) is 87.4 Å². The van der Waals surface area contributed by atoms with Crippen LogP contribution in [0.5, 0.6) is 0 Å². The third-order valence-electron chi connectivity index (χ3n) is 2.89. The fourth-order valence-corrected chi connectivity index (χ4v) is 2.77. The van der Waals surface area contributed by atoms with Crippen molar-refractivity contribution in [3.63, 3.8) is 0 Å². The predicted octanol–water partition coefficient (Wildman–Crippen LogP) is 4.31. The van der Waals surface area contributed by atoms with Gasteiger partial charge in [-0.15, -0.1) is 0 Å². The Balaban J connectivity index is 2.26. The van der Waals surface area contributed by atoms with Crippen LogP contribution >= 0.6 is 38.5 Å². The Hall–Kier alpha value is -1.41. The molecule has 0 bridgehead atoms. The highest BCUT2D eigenvalue weighted by atomic mass is 127. The molecule has 21 heavy (non-hydrogen) atoms. The Kier molecular flexibility index (Phi) is 5.00. The lowest BCUT2D eigenvalue weighted by molar-refractivity contribution is 0.0696. The van der Waals surface area contributed by atoms with Gasteiger partial charge >= 0.3 is 5.97 Å². The molecule has 2 aromatic rings. The quantitative estimate of drug-likeness (QED) is 0.672. The zero-order valence-electron chi connectivity index (χ0n) is 11.0. The number of aromatic carboxylic acids is 1. The molecular weight excluding hydrogens is 449 g/mol. The molecule has 0 saturated carbocycles. The van der Waals surface area contributed by atoms with Crippen molar-refractivity contribution in [3.8, 4) is 0 Å². The molecule has 1 amide bonds. The summed E-state index contributed by atoms with van der Waals surface area (Å²) < 4.78 is 1.66. The molecule has 2 N–H and O–H groups in total. The number of carbonyl (C=O) groups is 2. The molecule has 0 spiro atoms. The smallest absolute Gasteiger partial charge is 0.335 e. The molecule has 108 valence electrons. The van der Waals surface area contributed by atoms with Crippen LogP contribution in [-0.4, -0.2) is 17.0 Å². The van der Waals surface area contributed by atoms with E-state index in [1.54, 1.807) is 25.1 Å². The molecule has 4 nitrogen and oxygen atoms in total. The summed E-state index contributed by atoms with van der Waals surface area (Å²) in [6, 6.07) is 10.2. The Morgan fingerprint density at radius 2 is 1.86 bits per heavy atom. The van der Waals surface area contributed by atoms with Gasteiger partial charge in [0.15, 0.2) is 0 Å². The van der Waals surface area contributed by atoms with Gasteiger partial charge in [0.25, 0.3) is 5.91 Å². The number of benzene rings is 2. The zero-order valence-corrected chi connectivity index (χ0v) is 14.7. The average molecular weight is 460 g/mol. The fraction of sp³-hybridized carbons (Fsp3) is 0.0667. The topological polar surface area (TPSA) is 66.4 Å². The normalized spacial score (nSPS) is 10.2. The van der Waals surface area contributed by atoms with Gasteiger partial charge < -0.3 is 10.4 Å². The molecule has 0 fully saturated rings. The summed E-state index contributed by atoms with van der Waals surface area (Å²) in [4.78, 5) is 23.2. The van der Waals surface area contributed by atoms with E-state index in [2.05, 4.69) is 43.8 Å². The molecule has 0 saturated heterocycles. The van der Waals surface area contributed by atoms with Crippen LogP contribution in [0.1, 0.15) is 26.3 Å². The van der Waals surface area contributed by atoms with Crippen molar-refractivity contribution in [1.82, 2.24) is 0 Å². The third kappa shape index (κ3) is 3.82. The second-order valence-electron chi connectivity index (χ2n) is 4.41. The molecule has 0 atom stereocenters. The van der Waals surface area contributed by atoms with E-state index in [0.29, 0.717) is 21.3 Å². The highest BCUT2D eigenvalue weighted by Gasteiger charge is 2.12. The molecule has 0 heterocycles. The van der Waals surface area contributed by atoms with E-state index >= 15 is 0 Å². The number of halogens is 2. The monoisotopic (exact) mass is 459 g/mol. The number of carboxylic acid groups (broad SMARTS) is 1. The maximum atomic E-state index is 12.3. The van der Waals surface area contributed by atoms with Gasteiger partial charge in [-0.3, -0.25) is 4.79 Å². The SMILES string of the molecule is Cc1cc(NC(=O)c2cc(I)ccc2Br)ccc1C(=O)O. The summed E-state index contributed by atoms with van der Waals surface area (Å²) >= 11 is 5.48. The van der Waals surface area contributed by atoms with E-state index in [0.717, 1.165) is 3.57 Å². The Bertz CT molecular complexity index is 731. The standard InChI is InChI=1S/C15H11BrINO3/c1-8-6-10(3-4-11(8)15(20)21)18-14(19)12-7-9(17)2-5-13(12)16/h2-7H,1H3,(H,18,19)(H,20,21). The molecule has 0 aliphatic heterocycles. The summed E-state index contributed by atoms with van der Waals surface area (Å²) in [6.45, 7) is 1.69. The highest BCUT2D eigenvalue weighted by Crippen LogP contribution is 2.22. The molecule has 2 rings (SSSR count). The van der Waals surface area contributed by atoms with Crippen molar-refractivity contribution in [2.45, 2.75) is 6.92 Å². The van der Waals surface area contributed by atoms with E-state index in [-0.39, 0.29) is 11.5 Å². The van der Waals surface area contributed by atoms with Gasteiger partial charge in [0.2, 0.25) is 0 Å². The van der Waals surface area contributed by atoms with E-state index in [1.165, 1.54) is 6.07 Å². The Morgan fingerprint density at radius 1 is 1.14 bits per heavy atom. The number of nitrogens with one attached hydrogen (secondary N) is 1. The lowest BCUT2D eigenvalue weighted by atomic mass is 10.1. The van der Waals surface area contributed by atoms with Crippen LogP contribution in [0.25, 0.3) is 0 Å². The molecule has 0 aliphatic carbocycles. The van der Waals surface area contributed by atoms with Crippen LogP contribution in [0.15, 0.2) is 40.9 Å². The van der Waals surface area contributed by atoms with Gasteiger partial charge in [0.1, 0.15) is 0 Å². The summed E-state index contributed by atoms with van der Waals surface area (Å²) in [5.74, 6) is -1.23. The first-order valence-electron chi connectivity index (χ1n) is 5.99. The third-order valence-corrected chi connectivity index (χ3v) is 4.25. The lowest BCUT2D eigenvalue weighted by Crippen LogP contribution is -2.13. The van der Waals surface area contributed by atoms with Gasteiger partial charge in [0.05, 0.1) is 11.1 Å². The van der Waals surface area contributed by atoms with Crippen LogP contribution in [-0.2, 0) is 0 Å².